The van der Waals surface area contributed by atoms with Crippen molar-refractivity contribution in [1.82, 2.24) is 14.2 Å². The Morgan fingerprint density at radius 3 is 2.27 bits per heavy atom. The van der Waals surface area contributed by atoms with Crippen LogP contribution in [0.5, 0.6) is 11.6 Å². The summed E-state index contributed by atoms with van der Waals surface area (Å²) >= 11 is 1.55. The molecule has 0 atom stereocenters. The van der Waals surface area contributed by atoms with Gasteiger partial charge in [-0.3, -0.25) is 9.36 Å². The summed E-state index contributed by atoms with van der Waals surface area (Å²) in [5.41, 5.74) is 3.07. The maximum absolute atomic E-state index is 13.4. The van der Waals surface area contributed by atoms with Crippen LogP contribution >= 0.6 is 11.3 Å². The van der Waals surface area contributed by atoms with Crippen LogP contribution < -0.4 is 5.56 Å². The zero-order chi connectivity index (χ0) is 20.8. The summed E-state index contributed by atoms with van der Waals surface area (Å²) in [5, 5.41) is 27.2. The molecule has 0 saturated carbocycles. The molecule has 0 fully saturated rings. The molecule has 0 aliphatic rings. The third-order valence-corrected chi connectivity index (χ3v) is 5.98. The third kappa shape index (κ3) is 2.71. The number of hydrogen-bond acceptors (Lipinski definition) is 5. The van der Waals surface area contributed by atoms with E-state index in [1.165, 1.54) is 16.6 Å². The van der Waals surface area contributed by atoms with Gasteiger partial charge in [0.15, 0.2) is 5.65 Å². The summed E-state index contributed by atoms with van der Waals surface area (Å²) in [6, 6.07) is 19.8. The Morgan fingerprint density at radius 1 is 0.867 bits per heavy atom. The van der Waals surface area contributed by atoms with E-state index in [9.17, 15) is 15.0 Å². The van der Waals surface area contributed by atoms with Gasteiger partial charge < -0.3 is 10.2 Å². The maximum Gasteiger partial charge on any atom is 0.286 e. The van der Waals surface area contributed by atoms with Gasteiger partial charge in [-0.2, -0.15) is 9.61 Å². The quantitative estimate of drug-likeness (QED) is 0.454. The van der Waals surface area contributed by atoms with Crippen molar-refractivity contribution < 1.29 is 10.2 Å². The van der Waals surface area contributed by atoms with E-state index in [0.717, 1.165) is 16.0 Å². The highest BCUT2D eigenvalue weighted by atomic mass is 32.1. The number of benzene rings is 2. The molecular formula is C23H17N3O3S. The minimum atomic E-state index is -0.425. The average molecular weight is 415 g/mol. The summed E-state index contributed by atoms with van der Waals surface area (Å²) in [7, 11) is 1.71. The molecule has 5 rings (SSSR count). The molecule has 148 valence electrons. The molecule has 0 spiro atoms. The highest BCUT2D eigenvalue weighted by Crippen LogP contribution is 2.39. The lowest BCUT2D eigenvalue weighted by Gasteiger charge is -2.12. The van der Waals surface area contributed by atoms with E-state index < -0.39 is 5.56 Å². The van der Waals surface area contributed by atoms with Crippen LogP contribution in [0, 0.1) is 0 Å². The summed E-state index contributed by atoms with van der Waals surface area (Å²) in [4.78, 5) is 14.4. The summed E-state index contributed by atoms with van der Waals surface area (Å²) < 4.78 is 2.93. The number of thiophene rings is 1. The monoisotopic (exact) mass is 415 g/mol. The Balaban J connectivity index is 1.91. The Morgan fingerprint density at radius 2 is 1.60 bits per heavy atom. The van der Waals surface area contributed by atoms with E-state index in [4.69, 9.17) is 0 Å². The van der Waals surface area contributed by atoms with Crippen molar-refractivity contribution in [1.29, 1.82) is 0 Å². The van der Waals surface area contributed by atoms with Crippen molar-refractivity contribution in [2.24, 2.45) is 7.05 Å². The minimum Gasteiger partial charge on any atom is -0.508 e. The Labute approximate surface area is 175 Å². The smallest absolute Gasteiger partial charge is 0.286 e. The van der Waals surface area contributed by atoms with Crippen LogP contribution in [0.25, 0.3) is 38.5 Å². The second kappa shape index (κ2) is 6.89. The van der Waals surface area contributed by atoms with Crippen molar-refractivity contribution in [3.63, 3.8) is 0 Å². The van der Waals surface area contributed by atoms with Crippen molar-refractivity contribution >= 4 is 17.0 Å². The molecule has 0 unspecified atom stereocenters. The Hall–Kier alpha value is -3.84. The topological polar surface area (TPSA) is 79.8 Å². The molecule has 0 saturated heterocycles. The van der Waals surface area contributed by atoms with E-state index in [-0.39, 0.29) is 17.2 Å². The highest BCUT2D eigenvalue weighted by Gasteiger charge is 2.25. The van der Waals surface area contributed by atoms with E-state index in [1.807, 2.05) is 47.8 Å². The van der Waals surface area contributed by atoms with Gasteiger partial charge in [-0.25, -0.2) is 0 Å². The number of aromatic nitrogens is 3. The number of nitrogens with zero attached hydrogens (tertiary/aromatic N) is 3. The molecule has 6 nitrogen and oxygen atoms in total. The lowest BCUT2D eigenvalue weighted by Crippen LogP contribution is -2.20. The summed E-state index contributed by atoms with van der Waals surface area (Å²) in [6.07, 6.45) is 0. The fraction of sp³-hybridized carbons (Fsp3) is 0.0435. The lowest BCUT2D eigenvalue weighted by molar-refractivity contribution is 0.429. The number of rotatable bonds is 3. The van der Waals surface area contributed by atoms with Gasteiger partial charge in [0.25, 0.3) is 5.56 Å². The highest BCUT2D eigenvalue weighted by molar-refractivity contribution is 7.13. The zero-order valence-corrected chi connectivity index (χ0v) is 16.8. The van der Waals surface area contributed by atoms with Gasteiger partial charge in [-0.1, -0.05) is 48.5 Å². The second-order valence-corrected chi connectivity index (χ2v) is 7.86. The first-order valence-electron chi connectivity index (χ1n) is 9.29. The van der Waals surface area contributed by atoms with Gasteiger partial charge in [-0.15, -0.1) is 11.3 Å². The van der Waals surface area contributed by atoms with Crippen LogP contribution in [0.2, 0.25) is 0 Å². The molecule has 3 heterocycles. The first kappa shape index (κ1) is 18.2. The van der Waals surface area contributed by atoms with E-state index in [2.05, 4.69) is 5.10 Å². The summed E-state index contributed by atoms with van der Waals surface area (Å²) in [6.45, 7) is 0. The number of aromatic hydroxyl groups is 2. The molecule has 0 bridgehead atoms. The normalized spacial score (nSPS) is 11.2. The van der Waals surface area contributed by atoms with Crippen molar-refractivity contribution in [2.75, 3.05) is 0 Å². The number of aryl methyl sites for hydroxylation is 1. The molecular weight excluding hydrogens is 398 g/mol. The predicted molar refractivity (Wildman–Crippen MR) is 118 cm³/mol. The molecule has 0 amide bonds. The predicted octanol–water partition coefficient (Wildman–Crippen LogP) is 4.51. The fourth-order valence-electron chi connectivity index (χ4n) is 3.66. The van der Waals surface area contributed by atoms with Crippen LogP contribution in [0.4, 0.5) is 0 Å². The van der Waals surface area contributed by atoms with Crippen LogP contribution in [-0.4, -0.2) is 24.4 Å². The molecule has 7 heteroatoms. The van der Waals surface area contributed by atoms with Gasteiger partial charge >= 0.3 is 0 Å². The van der Waals surface area contributed by atoms with Crippen molar-refractivity contribution in [2.45, 2.75) is 0 Å². The van der Waals surface area contributed by atoms with E-state index in [0.29, 0.717) is 16.9 Å². The van der Waals surface area contributed by atoms with Crippen LogP contribution in [0.3, 0.4) is 0 Å². The van der Waals surface area contributed by atoms with Crippen molar-refractivity contribution in [3.05, 3.63) is 82.5 Å². The Bertz CT molecular complexity index is 1420. The molecule has 2 aromatic carbocycles. The molecule has 0 radical (unpaired) electrons. The van der Waals surface area contributed by atoms with Gasteiger partial charge in [0.2, 0.25) is 5.88 Å². The van der Waals surface area contributed by atoms with Crippen molar-refractivity contribution in [3.8, 4) is 44.5 Å². The van der Waals surface area contributed by atoms with Gasteiger partial charge in [0.05, 0.1) is 5.56 Å². The molecule has 2 N–H and O–H groups in total. The number of fused-ring (bicyclic) bond motifs is 1. The van der Waals surface area contributed by atoms with E-state index >= 15 is 0 Å². The molecule has 0 aliphatic heterocycles. The first-order valence-corrected chi connectivity index (χ1v) is 10.2. The van der Waals surface area contributed by atoms with Gasteiger partial charge in [0.1, 0.15) is 17.0 Å². The van der Waals surface area contributed by atoms with Crippen LogP contribution in [0.15, 0.2) is 76.9 Å². The minimum absolute atomic E-state index is 0.0848. The van der Waals surface area contributed by atoms with Gasteiger partial charge in [-0.05, 0) is 29.1 Å². The third-order valence-electron chi connectivity index (χ3n) is 5.10. The SMILES string of the molecule is Cn1c(O)c(-c2ccc(O)cc2)c(=O)n2nc(-c3ccccc3)c(-c3cccs3)c12. The number of phenolic OH excluding ortho intramolecular Hbond substituents is 1. The Kier molecular flexibility index (Phi) is 4.18. The number of phenols is 1. The van der Waals surface area contributed by atoms with Gasteiger partial charge in [0, 0.05) is 17.5 Å². The van der Waals surface area contributed by atoms with Crippen LogP contribution in [0.1, 0.15) is 0 Å². The standard InChI is InChI=1S/C23H17N3O3S/c1-25-21-19(17-8-5-13-30-17)20(15-6-3-2-4-7-15)24-26(21)23(29)18(22(25)28)14-9-11-16(27)12-10-14/h2-13,27-28H,1H3. The molecule has 3 aromatic heterocycles. The molecule has 5 aromatic rings. The number of hydrogen-bond donors (Lipinski definition) is 2. The second-order valence-electron chi connectivity index (χ2n) is 6.91. The summed E-state index contributed by atoms with van der Waals surface area (Å²) in [5.74, 6) is -0.0721. The maximum atomic E-state index is 13.4. The zero-order valence-electron chi connectivity index (χ0n) is 16.0. The fourth-order valence-corrected chi connectivity index (χ4v) is 4.42. The largest absolute Gasteiger partial charge is 0.508 e. The molecule has 30 heavy (non-hydrogen) atoms. The lowest BCUT2D eigenvalue weighted by atomic mass is 10.1. The van der Waals surface area contributed by atoms with E-state index in [1.54, 1.807) is 35.1 Å². The first-order chi connectivity index (χ1) is 14.6. The van der Waals surface area contributed by atoms with Crippen LogP contribution in [-0.2, 0) is 7.05 Å². The molecule has 0 aliphatic carbocycles. The average Bonchev–Trinajstić information content (AvgIpc) is 3.42.